The number of hydrogen-bond acceptors (Lipinski definition) is 3. The van der Waals surface area contributed by atoms with Gasteiger partial charge in [0.1, 0.15) is 32.0 Å². The van der Waals surface area contributed by atoms with E-state index in [2.05, 4.69) is 46.7 Å². The average Bonchev–Trinajstić information content (AvgIpc) is 3.19. The second-order valence-electron chi connectivity index (χ2n) is 7.43. The van der Waals surface area contributed by atoms with Crippen molar-refractivity contribution in [2.45, 2.75) is 19.5 Å². The number of rotatable bonds is 6. The van der Waals surface area contributed by atoms with Crippen molar-refractivity contribution < 1.29 is 14.2 Å². The average molecular weight is 382 g/mol. The van der Waals surface area contributed by atoms with Crippen LogP contribution in [0, 0.1) is 5.82 Å². The summed E-state index contributed by atoms with van der Waals surface area (Å²) in [6, 6.07) is 17.1. The second-order valence-corrected chi connectivity index (χ2v) is 7.43. The van der Waals surface area contributed by atoms with E-state index in [9.17, 15) is 4.39 Å². The summed E-state index contributed by atoms with van der Waals surface area (Å²) in [4.78, 5) is 3.15. The molecule has 1 saturated heterocycles. The summed E-state index contributed by atoms with van der Waals surface area (Å²) in [5.74, 6) is 0.633. The molecule has 0 radical (unpaired) electrons. The van der Waals surface area contributed by atoms with Crippen molar-refractivity contribution >= 4 is 0 Å². The normalized spacial score (nSPS) is 20.8. The maximum Gasteiger partial charge on any atom is 0.214 e. The van der Waals surface area contributed by atoms with E-state index in [0.717, 1.165) is 37.6 Å². The number of halogens is 1. The molecule has 0 saturated carbocycles. The highest BCUT2D eigenvalue weighted by Gasteiger charge is 2.35. The number of likely N-dealkylation sites (N-methyl/N-ethyl adjacent to an activating group) is 1. The van der Waals surface area contributed by atoms with Gasteiger partial charge < -0.3 is 9.80 Å². The maximum atomic E-state index is 13.2. The monoisotopic (exact) mass is 382 g/mol. The number of nitrogens with zero attached hydrogens (tertiary/aromatic N) is 4. The molecule has 2 heterocycles. The molecular formula is C21H27FN6+2. The second kappa shape index (κ2) is 8.58. The molecule has 1 aliphatic rings. The zero-order chi connectivity index (χ0) is 19.3. The molecule has 2 N–H and O–H groups in total. The van der Waals surface area contributed by atoms with Crippen LogP contribution in [0.3, 0.4) is 0 Å². The summed E-state index contributed by atoms with van der Waals surface area (Å²) in [6.45, 7) is 8.46. The molecule has 28 heavy (non-hydrogen) atoms. The molecule has 0 bridgehead atoms. The summed E-state index contributed by atoms with van der Waals surface area (Å²) in [5.41, 5.74) is 2.21. The molecule has 1 atom stereocenters. The van der Waals surface area contributed by atoms with Crippen LogP contribution in [-0.2, 0) is 6.54 Å². The van der Waals surface area contributed by atoms with Crippen molar-refractivity contribution in [3.8, 4) is 0 Å². The van der Waals surface area contributed by atoms with Crippen molar-refractivity contribution in [3.63, 3.8) is 0 Å². The fourth-order valence-electron chi connectivity index (χ4n) is 4.07. The van der Waals surface area contributed by atoms with Crippen LogP contribution in [0.25, 0.3) is 0 Å². The van der Waals surface area contributed by atoms with E-state index in [1.165, 1.54) is 29.1 Å². The van der Waals surface area contributed by atoms with Gasteiger partial charge in [0.25, 0.3) is 0 Å². The topological polar surface area (TPSA) is 52.5 Å². The lowest BCUT2D eigenvalue weighted by atomic mass is 10.0. The molecular weight excluding hydrogens is 355 g/mol. The number of quaternary nitrogens is 2. The zero-order valence-electron chi connectivity index (χ0n) is 16.2. The van der Waals surface area contributed by atoms with Gasteiger partial charge in [-0.3, -0.25) is 0 Å². The van der Waals surface area contributed by atoms with Crippen molar-refractivity contribution in [1.29, 1.82) is 0 Å². The molecule has 1 fully saturated rings. The number of benzene rings is 2. The van der Waals surface area contributed by atoms with Gasteiger partial charge in [-0.1, -0.05) is 42.5 Å². The number of piperazine rings is 1. The van der Waals surface area contributed by atoms with Crippen LogP contribution in [0.1, 0.15) is 29.9 Å². The van der Waals surface area contributed by atoms with E-state index in [1.807, 2.05) is 10.7 Å². The first-order chi connectivity index (χ1) is 13.7. The Morgan fingerprint density at radius 2 is 1.71 bits per heavy atom. The number of nitrogens with one attached hydrogen (secondary N) is 2. The first kappa shape index (κ1) is 18.7. The Labute approximate surface area is 164 Å². The van der Waals surface area contributed by atoms with Gasteiger partial charge in [-0.15, -0.1) is 5.10 Å². The van der Waals surface area contributed by atoms with Crippen LogP contribution < -0.4 is 9.80 Å². The van der Waals surface area contributed by atoms with Gasteiger partial charge in [-0.25, -0.2) is 9.07 Å². The van der Waals surface area contributed by atoms with Crippen LogP contribution in [0.4, 0.5) is 4.39 Å². The Hall–Kier alpha value is -2.64. The summed E-state index contributed by atoms with van der Waals surface area (Å²) < 4.78 is 15.1. The SMILES string of the molecule is CC[NH+]1CC[NH+]([C@@H](c2ccccc2)c2nnnn2Cc2ccc(F)cc2)CC1. The molecule has 0 spiro atoms. The predicted octanol–water partition coefficient (Wildman–Crippen LogP) is -0.247. The van der Waals surface area contributed by atoms with Gasteiger partial charge in [-0.2, -0.15) is 0 Å². The molecule has 1 aromatic heterocycles. The molecule has 146 valence electrons. The van der Waals surface area contributed by atoms with E-state index in [0.29, 0.717) is 6.54 Å². The third kappa shape index (κ3) is 4.10. The maximum absolute atomic E-state index is 13.2. The van der Waals surface area contributed by atoms with Crippen molar-refractivity contribution in [2.75, 3.05) is 32.7 Å². The van der Waals surface area contributed by atoms with Crippen LogP contribution in [0.2, 0.25) is 0 Å². The molecule has 0 amide bonds. The van der Waals surface area contributed by atoms with Gasteiger partial charge in [-0.05, 0) is 35.0 Å². The van der Waals surface area contributed by atoms with Crippen LogP contribution >= 0.6 is 0 Å². The number of hydrogen-bond donors (Lipinski definition) is 2. The Morgan fingerprint density at radius 3 is 2.39 bits per heavy atom. The van der Waals surface area contributed by atoms with E-state index in [-0.39, 0.29) is 11.9 Å². The Kier molecular flexibility index (Phi) is 5.73. The lowest BCUT2D eigenvalue weighted by Crippen LogP contribution is -3.28. The minimum absolute atomic E-state index is 0.0926. The van der Waals surface area contributed by atoms with Gasteiger partial charge >= 0.3 is 0 Å². The number of aromatic nitrogens is 4. The Bertz CT molecular complexity index is 871. The molecule has 1 aliphatic heterocycles. The van der Waals surface area contributed by atoms with Crippen molar-refractivity contribution in [3.05, 3.63) is 77.4 Å². The standard InChI is InChI=1S/C21H25FN6/c1-2-26-12-14-27(15-13-26)20(18-6-4-3-5-7-18)21-23-24-25-28(21)16-17-8-10-19(22)11-9-17/h3-11,20H,2,12-16H2,1H3/p+2/t20-/m0/s1. The molecule has 6 nitrogen and oxygen atoms in total. The largest absolute Gasteiger partial charge is 0.326 e. The molecule has 4 rings (SSSR count). The highest BCUT2D eigenvalue weighted by molar-refractivity contribution is 5.23. The van der Waals surface area contributed by atoms with E-state index in [4.69, 9.17) is 0 Å². The van der Waals surface area contributed by atoms with Crippen LogP contribution in [-0.4, -0.2) is 52.9 Å². The fourth-order valence-corrected chi connectivity index (χ4v) is 4.07. The Balaban J connectivity index is 1.64. The highest BCUT2D eigenvalue weighted by atomic mass is 19.1. The van der Waals surface area contributed by atoms with E-state index >= 15 is 0 Å². The fraction of sp³-hybridized carbons (Fsp3) is 0.381. The molecule has 0 unspecified atom stereocenters. The Morgan fingerprint density at radius 1 is 1.00 bits per heavy atom. The summed E-state index contributed by atoms with van der Waals surface area (Å²) in [6.07, 6.45) is 0. The molecule has 2 aromatic carbocycles. The van der Waals surface area contributed by atoms with Crippen molar-refractivity contribution in [2.24, 2.45) is 0 Å². The lowest BCUT2D eigenvalue weighted by molar-refractivity contribution is -1.02. The summed E-state index contributed by atoms with van der Waals surface area (Å²) >= 11 is 0. The smallest absolute Gasteiger partial charge is 0.214 e. The molecule has 7 heteroatoms. The summed E-state index contributed by atoms with van der Waals surface area (Å²) in [5, 5.41) is 12.6. The number of tetrazole rings is 1. The zero-order valence-corrected chi connectivity index (χ0v) is 16.2. The lowest BCUT2D eigenvalue weighted by Gasteiger charge is -2.33. The van der Waals surface area contributed by atoms with Gasteiger partial charge in [0, 0.05) is 5.56 Å². The minimum Gasteiger partial charge on any atom is -0.326 e. The van der Waals surface area contributed by atoms with Gasteiger partial charge in [0.05, 0.1) is 13.1 Å². The van der Waals surface area contributed by atoms with Crippen LogP contribution in [0.5, 0.6) is 0 Å². The van der Waals surface area contributed by atoms with Gasteiger partial charge in [0.15, 0.2) is 6.04 Å². The van der Waals surface area contributed by atoms with Crippen molar-refractivity contribution in [1.82, 2.24) is 20.2 Å². The third-order valence-corrected chi connectivity index (χ3v) is 5.70. The van der Waals surface area contributed by atoms with E-state index in [1.54, 1.807) is 17.0 Å². The molecule has 3 aromatic rings. The van der Waals surface area contributed by atoms with E-state index < -0.39 is 0 Å². The highest BCUT2D eigenvalue weighted by Crippen LogP contribution is 2.17. The minimum atomic E-state index is -0.233. The third-order valence-electron chi connectivity index (χ3n) is 5.70. The summed E-state index contributed by atoms with van der Waals surface area (Å²) in [7, 11) is 0. The van der Waals surface area contributed by atoms with Crippen LogP contribution in [0.15, 0.2) is 54.6 Å². The van der Waals surface area contributed by atoms with Gasteiger partial charge in [0.2, 0.25) is 5.82 Å². The predicted molar refractivity (Wildman–Crippen MR) is 104 cm³/mol. The first-order valence-corrected chi connectivity index (χ1v) is 9.98. The molecule has 0 aliphatic carbocycles. The first-order valence-electron chi connectivity index (χ1n) is 9.98. The quantitative estimate of drug-likeness (QED) is 0.619.